The summed E-state index contributed by atoms with van der Waals surface area (Å²) in [5.41, 5.74) is 0.378. The Morgan fingerprint density at radius 2 is 1.50 bits per heavy atom. The van der Waals surface area contributed by atoms with Gasteiger partial charge in [0, 0.05) is 12.3 Å². The van der Waals surface area contributed by atoms with Crippen LogP contribution in [0.1, 0.15) is 114 Å². The van der Waals surface area contributed by atoms with Crippen molar-refractivity contribution in [2.75, 3.05) is 0 Å². The van der Waals surface area contributed by atoms with Crippen LogP contribution in [0, 0.1) is 56.7 Å². The third-order valence-electron chi connectivity index (χ3n) is 14.7. The normalized spacial score (nSPS) is 60.9. The Morgan fingerprint density at radius 3 is 2.17 bits per heavy atom. The molecule has 0 aromatic carbocycles. The molecule has 6 fully saturated rings. The summed E-state index contributed by atoms with van der Waals surface area (Å²) in [5.74, 6) is 2.60. The molecule has 4 heteroatoms. The highest BCUT2D eigenvalue weighted by molar-refractivity contribution is 5.66. The third-order valence-corrected chi connectivity index (χ3v) is 14.7. The quantitative estimate of drug-likeness (QED) is 0.318. The Morgan fingerprint density at radius 1 is 0.806 bits per heavy atom. The van der Waals surface area contributed by atoms with E-state index in [0.29, 0.717) is 29.1 Å². The van der Waals surface area contributed by atoms with E-state index in [1.807, 2.05) is 0 Å². The lowest BCUT2D eigenvalue weighted by Crippen LogP contribution is -2.69. The van der Waals surface area contributed by atoms with Crippen molar-refractivity contribution < 1.29 is 19.4 Å². The van der Waals surface area contributed by atoms with Crippen LogP contribution in [0.3, 0.4) is 0 Å². The molecular weight excluding hydrogens is 448 g/mol. The van der Waals surface area contributed by atoms with Crippen molar-refractivity contribution in [1.82, 2.24) is 0 Å². The largest absolute Gasteiger partial charge is 0.462 e. The Balaban J connectivity index is 1.36. The number of fused-ring (bicyclic) bond motifs is 9. The summed E-state index contributed by atoms with van der Waals surface area (Å²) in [6.07, 6.45) is 10.1. The Bertz CT molecular complexity index is 956. The van der Waals surface area contributed by atoms with Gasteiger partial charge in [-0.15, -0.1) is 0 Å². The Hall–Kier alpha value is -0.610. The first kappa shape index (κ1) is 25.7. The highest BCUT2D eigenvalue weighted by atomic mass is 16.6. The molecule has 13 atom stereocenters. The fourth-order valence-electron chi connectivity index (χ4n) is 12.5. The van der Waals surface area contributed by atoms with Gasteiger partial charge in [-0.1, -0.05) is 48.5 Å². The Labute approximate surface area is 219 Å². The average Bonchev–Trinajstić information content (AvgIpc) is 3.58. The van der Waals surface area contributed by atoms with Gasteiger partial charge >= 0.3 is 5.97 Å². The lowest BCUT2D eigenvalue weighted by Gasteiger charge is -2.73. The first-order chi connectivity index (χ1) is 16.5. The van der Waals surface area contributed by atoms with E-state index in [4.69, 9.17) is 9.47 Å². The van der Waals surface area contributed by atoms with Crippen LogP contribution in [-0.2, 0) is 14.3 Å². The summed E-state index contributed by atoms with van der Waals surface area (Å²) < 4.78 is 12.2. The minimum atomic E-state index is -0.715. The molecule has 0 bridgehead atoms. The fraction of sp³-hybridized carbons (Fsp3) is 0.969. The maximum Gasteiger partial charge on any atom is 0.302 e. The number of carbonyl (C=O) groups is 1. The zero-order valence-corrected chi connectivity index (χ0v) is 24.4. The van der Waals surface area contributed by atoms with Crippen LogP contribution >= 0.6 is 0 Å². The lowest BCUT2D eigenvalue weighted by molar-refractivity contribution is -0.261. The monoisotopic (exact) mass is 500 g/mol. The second-order valence-corrected chi connectivity index (χ2v) is 16.1. The molecule has 6 rings (SSSR count). The molecule has 5 saturated carbocycles. The highest BCUT2D eigenvalue weighted by Gasteiger charge is 2.76. The van der Waals surface area contributed by atoms with Crippen molar-refractivity contribution in [3.63, 3.8) is 0 Å². The smallest absolute Gasteiger partial charge is 0.302 e. The van der Waals surface area contributed by atoms with Gasteiger partial charge in [-0.25, -0.2) is 0 Å². The number of carbonyl (C=O) groups excluding carboxylic acids is 1. The summed E-state index contributed by atoms with van der Waals surface area (Å²) >= 11 is 0. The SMILES string of the molecule is CC(=O)O[C@H]1CC[C@@]2(C)[C@H](CC[C@]3(C)[C@@H]2CC[C@H]2[C@H]4[C@H](C)[C@](C)(O)[C@@H]5O[C@@H]5[C@]4(C)CC[C@]23C)C1(C)C. The summed E-state index contributed by atoms with van der Waals surface area (Å²) in [5, 5.41) is 11.6. The predicted molar refractivity (Wildman–Crippen MR) is 141 cm³/mol. The van der Waals surface area contributed by atoms with Crippen LogP contribution in [0.5, 0.6) is 0 Å². The number of esters is 1. The lowest BCUT2D eigenvalue weighted by atomic mass is 9.31. The topological polar surface area (TPSA) is 59.1 Å². The molecule has 0 aromatic rings. The van der Waals surface area contributed by atoms with Crippen molar-refractivity contribution in [2.45, 2.75) is 138 Å². The first-order valence-corrected chi connectivity index (χ1v) is 15.1. The summed E-state index contributed by atoms with van der Waals surface area (Å²) in [4.78, 5) is 11.9. The minimum absolute atomic E-state index is 0.0117. The number of ether oxygens (including phenoxy) is 2. The van der Waals surface area contributed by atoms with Crippen LogP contribution in [0.15, 0.2) is 0 Å². The highest BCUT2D eigenvalue weighted by Crippen LogP contribution is 2.78. The second-order valence-electron chi connectivity index (χ2n) is 16.1. The van der Waals surface area contributed by atoms with Gasteiger partial charge in [0.25, 0.3) is 0 Å². The number of aliphatic hydroxyl groups is 1. The second kappa shape index (κ2) is 7.32. The van der Waals surface area contributed by atoms with E-state index in [9.17, 15) is 9.90 Å². The molecule has 1 heterocycles. The molecule has 204 valence electrons. The van der Waals surface area contributed by atoms with E-state index in [1.165, 1.54) is 44.9 Å². The maximum absolute atomic E-state index is 11.9. The van der Waals surface area contributed by atoms with E-state index < -0.39 is 5.60 Å². The molecule has 0 aromatic heterocycles. The molecule has 0 spiro atoms. The molecular formula is C32H52O4. The third kappa shape index (κ3) is 2.87. The number of epoxide rings is 1. The van der Waals surface area contributed by atoms with E-state index in [1.54, 1.807) is 6.92 Å². The van der Waals surface area contributed by atoms with Gasteiger partial charge in [-0.2, -0.15) is 0 Å². The minimum Gasteiger partial charge on any atom is -0.462 e. The Kier molecular flexibility index (Phi) is 5.21. The number of rotatable bonds is 1. The van der Waals surface area contributed by atoms with Gasteiger partial charge in [0.15, 0.2) is 0 Å². The van der Waals surface area contributed by atoms with Gasteiger partial charge in [0.2, 0.25) is 0 Å². The van der Waals surface area contributed by atoms with Crippen LogP contribution in [0.2, 0.25) is 0 Å². The van der Waals surface area contributed by atoms with Gasteiger partial charge in [0.1, 0.15) is 12.2 Å². The van der Waals surface area contributed by atoms with Gasteiger partial charge < -0.3 is 14.6 Å². The van der Waals surface area contributed by atoms with Crippen molar-refractivity contribution in [2.24, 2.45) is 56.7 Å². The molecule has 0 unspecified atom stereocenters. The van der Waals surface area contributed by atoms with Gasteiger partial charge in [-0.05, 0) is 110 Å². The molecule has 1 saturated heterocycles. The number of hydrogen-bond donors (Lipinski definition) is 1. The summed E-state index contributed by atoms with van der Waals surface area (Å²) in [7, 11) is 0. The molecule has 36 heavy (non-hydrogen) atoms. The predicted octanol–water partition coefficient (Wildman–Crippen LogP) is 6.78. The van der Waals surface area contributed by atoms with Crippen LogP contribution in [0.4, 0.5) is 0 Å². The van der Waals surface area contributed by atoms with Crippen molar-refractivity contribution in [3.8, 4) is 0 Å². The molecule has 4 nitrogen and oxygen atoms in total. The zero-order valence-electron chi connectivity index (χ0n) is 24.4. The molecule has 0 amide bonds. The van der Waals surface area contributed by atoms with Crippen LogP contribution in [-0.4, -0.2) is 35.0 Å². The average molecular weight is 501 g/mol. The van der Waals surface area contributed by atoms with Crippen molar-refractivity contribution in [3.05, 3.63) is 0 Å². The first-order valence-electron chi connectivity index (χ1n) is 15.1. The van der Waals surface area contributed by atoms with E-state index in [0.717, 1.165) is 6.42 Å². The zero-order chi connectivity index (χ0) is 26.3. The molecule has 1 aliphatic heterocycles. The number of hydrogen-bond acceptors (Lipinski definition) is 4. The van der Waals surface area contributed by atoms with E-state index in [2.05, 4.69) is 55.4 Å². The van der Waals surface area contributed by atoms with Crippen molar-refractivity contribution >= 4 is 5.97 Å². The molecule has 1 N–H and O–H groups in total. The molecule has 6 aliphatic rings. The molecule has 0 radical (unpaired) electrons. The summed E-state index contributed by atoms with van der Waals surface area (Å²) in [6.45, 7) is 21.1. The summed E-state index contributed by atoms with van der Waals surface area (Å²) in [6, 6.07) is 0. The van der Waals surface area contributed by atoms with Crippen molar-refractivity contribution in [1.29, 1.82) is 0 Å². The van der Waals surface area contributed by atoms with Crippen LogP contribution in [0.25, 0.3) is 0 Å². The van der Waals surface area contributed by atoms with E-state index >= 15 is 0 Å². The van der Waals surface area contributed by atoms with E-state index in [-0.39, 0.29) is 51.9 Å². The van der Waals surface area contributed by atoms with Gasteiger partial charge in [0.05, 0.1) is 11.7 Å². The van der Waals surface area contributed by atoms with Gasteiger partial charge in [-0.3, -0.25) is 4.79 Å². The fourth-order valence-corrected chi connectivity index (χ4v) is 12.5. The van der Waals surface area contributed by atoms with Crippen LogP contribution < -0.4 is 0 Å². The maximum atomic E-state index is 11.9. The molecule has 5 aliphatic carbocycles. The standard InChI is InChI=1S/C32H52O4/c1-18-24-20-10-11-22-28(5)14-13-23(35-19(2)33)27(3,4)21(28)12-15-31(22,8)30(20,7)17-16-29(24,6)25-26(36-25)32(18,9)34/h18,20-26,34H,10-17H2,1-9H3/t18-,20-,21+,22+,23-,24+,25-,26+,28-,29+,30+,31+,32-/m0/s1.